The molecule has 0 aliphatic carbocycles. The van der Waals surface area contributed by atoms with Crippen molar-refractivity contribution in [2.24, 2.45) is 0 Å². The molecule has 25 heavy (non-hydrogen) atoms. The molecule has 3 aromatic rings. The van der Waals surface area contributed by atoms with Crippen LogP contribution in [0.15, 0.2) is 66.9 Å². The average Bonchev–Trinajstić information content (AvgIpc) is 2.64. The largest absolute Gasteiger partial charge is 0.495 e. The van der Waals surface area contributed by atoms with Gasteiger partial charge in [-0.1, -0.05) is 29.8 Å². The Bertz CT molecular complexity index is 859. The van der Waals surface area contributed by atoms with Gasteiger partial charge in [0, 0.05) is 5.56 Å². The topological polar surface area (TPSA) is 63.2 Å². The molecule has 0 spiro atoms. The molecule has 0 aliphatic rings. The Morgan fingerprint density at radius 3 is 2.44 bits per heavy atom. The van der Waals surface area contributed by atoms with Crippen LogP contribution in [0.4, 0.5) is 17.2 Å². The predicted molar refractivity (Wildman–Crippen MR) is 99.6 cm³/mol. The Balaban J connectivity index is 1.68. The molecule has 0 atom stereocenters. The number of hydrogen-bond acceptors (Lipinski definition) is 4. The maximum absolute atomic E-state index is 12.2. The summed E-state index contributed by atoms with van der Waals surface area (Å²) in [6.07, 6.45) is 1.66. The molecule has 0 saturated heterocycles. The Hall–Kier alpha value is -3.34. The van der Waals surface area contributed by atoms with Crippen molar-refractivity contribution in [1.29, 1.82) is 0 Å². The fourth-order valence-corrected chi connectivity index (χ4v) is 2.34. The summed E-state index contributed by atoms with van der Waals surface area (Å²) >= 11 is 0. The van der Waals surface area contributed by atoms with Gasteiger partial charge >= 0.3 is 0 Å². The average molecular weight is 333 g/mol. The maximum atomic E-state index is 12.2. The van der Waals surface area contributed by atoms with Crippen LogP contribution in [0.2, 0.25) is 0 Å². The van der Waals surface area contributed by atoms with Gasteiger partial charge in [0.1, 0.15) is 11.6 Å². The number of aryl methyl sites for hydroxylation is 1. The first-order valence-corrected chi connectivity index (χ1v) is 7.90. The number of para-hydroxylation sites is 2. The number of hydrogen-bond donors (Lipinski definition) is 2. The van der Waals surface area contributed by atoms with Crippen LogP contribution in [0.3, 0.4) is 0 Å². The lowest BCUT2D eigenvalue weighted by Crippen LogP contribution is -2.12. The Labute approximate surface area is 146 Å². The lowest BCUT2D eigenvalue weighted by Gasteiger charge is -2.11. The third-order valence-corrected chi connectivity index (χ3v) is 3.70. The highest BCUT2D eigenvalue weighted by molar-refractivity contribution is 6.03. The standard InChI is InChI=1S/C20H19N3O2/c1-14-7-9-15(10-8-14)20(24)23-19-12-11-16(13-21-19)22-17-5-3-4-6-18(17)25-2/h3-13,22H,1-2H3,(H,21,23,24). The van der Waals surface area contributed by atoms with Gasteiger partial charge in [-0.05, 0) is 43.3 Å². The summed E-state index contributed by atoms with van der Waals surface area (Å²) < 4.78 is 5.31. The summed E-state index contributed by atoms with van der Waals surface area (Å²) in [6.45, 7) is 1.98. The predicted octanol–water partition coefficient (Wildman–Crippen LogP) is 4.39. The molecule has 0 aliphatic heterocycles. The van der Waals surface area contributed by atoms with Gasteiger partial charge in [0.15, 0.2) is 0 Å². The number of methoxy groups -OCH3 is 1. The number of rotatable bonds is 5. The fraction of sp³-hybridized carbons (Fsp3) is 0.100. The zero-order valence-corrected chi connectivity index (χ0v) is 14.1. The quantitative estimate of drug-likeness (QED) is 0.727. The van der Waals surface area contributed by atoms with Crippen molar-refractivity contribution in [2.45, 2.75) is 6.92 Å². The van der Waals surface area contributed by atoms with Crippen LogP contribution < -0.4 is 15.4 Å². The van der Waals surface area contributed by atoms with Crippen LogP contribution in [0.1, 0.15) is 15.9 Å². The molecule has 0 bridgehead atoms. The normalized spacial score (nSPS) is 10.2. The van der Waals surface area contributed by atoms with Crippen LogP contribution >= 0.6 is 0 Å². The van der Waals surface area contributed by atoms with Gasteiger partial charge in [-0.25, -0.2) is 4.98 Å². The van der Waals surface area contributed by atoms with E-state index in [0.717, 1.165) is 22.7 Å². The van der Waals surface area contributed by atoms with Crippen molar-refractivity contribution in [3.8, 4) is 5.75 Å². The number of carbonyl (C=O) groups excluding carboxylic acids is 1. The second-order valence-electron chi connectivity index (χ2n) is 5.58. The molecule has 126 valence electrons. The molecule has 0 radical (unpaired) electrons. The zero-order valence-electron chi connectivity index (χ0n) is 14.1. The third kappa shape index (κ3) is 4.14. The van der Waals surface area contributed by atoms with E-state index in [0.29, 0.717) is 11.4 Å². The van der Waals surface area contributed by atoms with Gasteiger partial charge in [-0.2, -0.15) is 0 Å². The fourth-order valence-electron chi connectivity index (χ4n) is 2.34. The van der Waals surface area contributed by atoms with Crippen LogP contribution in [0, 0.1) is 6.92 Å². The minimum absolute atomic E-state index is 0.182. The number of pyridine rings is 1. The lowest BCUT2D eigenvalue weighted by atomic mass is 10.1. The number of nitrogens with one attached hydrogen (secondary N) is 2. The van der Waals surface area contributed by atoms with Crippen LogP contribution in [-0.2, 0) is 0 Å². The summed E-state index contributed by atoms with van der Waals surface area (Å²) in [5, 5.41) is 6.03. The van der Waals surface area contributed by atoms with E-state index in [1.165, 1.54) is 0 Å². The number of benzene rings is 2. The van der Waals surface area contributed by atoms with E-state index >= 15 is 0 Å². The van der Waals surface area contributed by atoms with Crippen LogP contribution in [0.5, 0.6) is 5.75 Å². The maximum Gasteiger partial charge on any atom is 0.256 e. The van der Waals surface area contributed by atoms with Gasteiger partial charge in [0.2, 0.25) is 0 Å². The Morgan fingerprint density at radius 2 is 1.76 bits per heavy atom. The molecule has 1 heterocycles. The van der Waals surface area contributed by atoms with E-state index < -0.39 is 0 Å². The molecule has 2 N–H and O–H groups in total. The molecule has 1 amide bonds. The number of amides is 1. The van der Waals surface area contributed by atoms with Gasteiger partial charge < -0.3 is 15.4 Å². The van der Waals surface area contributed by atoms with Crippen molar-refractivity contribution in [1.82, 2.24) is 4.98 Å². The van der Waals surface area contributed by atoms with Crippen LogP contribution in [0.25, 0.3) is 0 Å². The highest BCUT2D eigenvalue weighted by atomic mass is 16.5. The molecule has 0 unspecified atom stereocenters. The molecular formula is C20H19N3O2. The summed E-state index contributed by atoms with van der Waals surface area (Å²) in [6, 6.07) is 18.6. The van der Waals surface area contributed by atoms with Gasteiger partial charge in [-0.3, -0.25) is 4.79 Å². The second kappa shape index (κ2) is 7.49. The van der Waals surface area contributed by atoms with E-state index in [-0.39, 0.29) is 5.91 Å². The minimum Gasteiger partial charge on any atom is -0.495 e. The first-order chi connectivity index (χ1) is 12.2. The highest BCUT2D eigenvalue weighted by Gasteiger charge is 2.07. The van der Waals surface area contributed by atoms with Crippen LogP contribution in [-0.4, -0.2) is 18.0 Å². The molecule has 0 saturated carbocycles. The number of nitrogens with zero attached hydrogens (tertiary/aromatic N) is 1. The van der Waals surface area contributed by atoms with E-state index in [1.54, 1.807) is 31.5 Å². The first kappa shape index (κ1) is 16.5. The van der Waals surface area contributed by atoms with Crippen molar-refractivity contribution in [3.05, 3.63) is 78.0 Å². The van der Waals surface area contributed by atoms with Gasteiger partial charge in [0.25, 0.3) is 5.91 Å². The van der Waals surface area contributed by atoms with Crippen molar-refractivity contribution < 1.29 is 9.53 Å². The van der Waals surface area contributed by atoms with E-state index in [2.05, 4.69) is 15.6 Å². The number of carbonyl (C=O) groups is 1. The monoisotopic (exact) mass is 333 g/mol. The molecule has 5 heteroatoms. The molecule has 0 fully saturated rings. The van der Waals surface area contributed by atoms with Crippen molar-refractivity contribution >= 4 is 23.1 Å². The number of ether oxygens (including phenoxy) is 1. The molecular weight excluding hydrogens is 314 g/mol. The second-order valence-corrected chi connectivity index (χ2v) is 5.58. The smallest absolute Gasteiger partial charge is 0.256 e. The van der Waals surface area contributed by atoms with Crippen molar-refractivity contribution in [2.75, 3.05) is 17.7 Å². The van der Waals surface area contributed by atoms with Crippen molar-refractivity contribution in [3.63, 3.8) is 0 Å². The molecule has 1 aromatic heterocycles. The van der Waals surface area contributed by atoms with Gasteiger partial charge in [-0.15, -0.1) is 0 Å². The first-order valence-electron chi connectivity index (χ1n) is 7.90. The van der Waals surface area contributed by atoms with E-state index in [9.17, 15) is 4.79 Å². The highest BCUT2D eigenvalue weighted by Crippen LogP contribution is 2.26. The molecule has 2 aromatic carbocycles. The minimum atomic E-state index is -0.182. The SMILES string of the molecule is COc1ccccc1Nc1ccc(NC(=O)c2ccc(C)cc2)nc1. The third-order valence-electron chi connectivity index (χ3n) is 3.70. The summed E-state index contributed by atoms with van der Waals surface area (Å²) in [7, 11) is 1.63. The number of anilines is 3. The summed E-state index contributed by atoms with van der Waals surface area (Å²) in [5.41, 5.74) is 3.37. The molecule has 3 rings (SSSR count). The van der Waals surface area contributed by atoms with E-state index in [4.69, 9.17) is 4.74 Å². The summed E-state index contributed by atoms with van der Waals surface area (Å²) in [4.78, 5) is 16.5. The van der Waals surface area contributed by atoms with Gasteiger partial charge in [0.05, 0.1) is 24.7 Å². The lowest BCUT2D eigenvalue weighted by molar-refractivity contribution is 0.102. The molecule has 5 nitrogen and oxygen atoms in total. The van der Waals surface area contributed by atoms with E-state index in [1.807, 2.05) is 49.4 Å². The number of aromatic nitrogens is 1. The Kier molecular flexibility index (Phi) is 4.95. The zero-order chi connectivity index (χ0) is 17.6. The Morgan fingerprint density at radius 1 is 1.00 bits per heavy atom. The summed E-state index contributed by atoms with van der Waals surface area (Å²) in [5.74, 6) is 1.06.